The molecule has 0 unspecified atom stereocenters. The van der Waals surface area contributed by atoms with E-state index in [1.807, 2.05) is 24.3 Å². The molecule has 2 amide bonds. The zero-order valence-electron chi connectivity index (χ0n) is 18.1. The summed E-state index contributed by atoms with van der Waals surface area (Å²) in [6, 6.07) is 14.2. The zero-order valence-corrected chi connectivity index (χ0v) is 18.1. The Morgan fingerprint density at radius 1 is 1.12 bits per heavy atom. The number of hydrogen-bond acceptors (Lipinski definition) is 8. The molecular weight excluding hydrogens is 428 g/mol. The molecule has 3 aromatic rings. The van der Waals surface area contributed by atoms with Crippen LogP contribution < -0.4 is 14.8 Å². The quantitative estimate of drug-likeness (QED) is 0.560. The maximum absolute atomic E-state index is 12.2. The molecule has 1 aromatic heterocycles. The van der Waals surface area contributed by atoms with Crippen molar-refractivity contribution in [3.8, 4) is 11.5 Å². The summed E-state index contributed by atoms with van der Waals surface area (Å²) in [7, 11) is 3.12. The van der Waals surface area contributed by atoms with Gasteiger partial charge in [-0.1, -0.05) is 17.3 Å². The zero-order chi connectivity index (χ0) is 23.2. The van der Waals surface area contributed by atoms with Crippen molar-refractivity contribution in [1.29, 1.82) is 0 Å². The average molecular weight is 450 g/mol. The summed E-state index contributed by atoms with van der Waals surface area (Å²) in [6.07, 6.45) is 1.39. The Hall–Kier alpha value is -4.34. The normalized spacial score (nSPS) is 13.2. The predicted octanol–water partition coefficient (Wildman–Crippen LogP) is 3.34. The van der Waals surface area contributed by atoms with Gasteiger partial charge in [0.2, 0.25) is 5.76 Å². The molecule has 10 nitrogen and oxygen atoms in total. The maximum Gasteiger partial charge on any atom is 0.430 e. The van der Waals surface area contributed by atoms with Gasteiger partial charge in [0.05, 0.1) is 27.0 Å². The molecule has 0 atom stereocenters. The largest absolute Gasteiger partial charge is 0.493 e. The van der Waals surface area contributed by atoms with Crippen molar-refractivity contribution < 1.29 is 28.3 Å². The van der Waals surface area contributed by atoms with Gasteiger partial charge in [0.1, 0.15) is 12.3 Å². The Balaban J connectivity index is 1.44. The van der Waals surface area contributed by atoms with Gasteiger partial charge in [-0.2, -0.15) is 10.1 Å². The van der Waals surface area contributed by atoms with Crippen LogP contribution in [-0.4, -0.2) is 55.2 Å². The van der Waals surface area contributed by atoms with Crippen LogP contribution in [0.4, 0.5) is 10.5 Å². The number of ether oxygens (including phenoxy) is 3. The molecule has 1 aliphatic heterocycles. The van der Waals surface area contributed by atoms with Crippen LogP contribution in [0.25, 0.3) is 0 Å². The number of carbonyl (C=O) groups excluding carboxylic acids is 2. The lowest BCUT2D eigenvalue weighted by Crippen LogP contribution is -2.36. The molecule has 4 rings (SSSR count). The van der Waals surface area contributed by atoms with Crippen LogP contribution in [0, 0.1) is 0 Å². The lowest BCUT2D eigenvalue weighted by molar-refractivity contribution is 0.0987. The number of rotatable bonds is 8. The number of amides is 2. The van der Waals surface area contributed by atoms with Gasteiger partial charge in [0.15, 0.2) is 11.5 Å². The van der Waals surface area contributed by atoms with Gasteiger partial charge in [0.25, 0.3) is 5.91 Å². The molecule has 170 valence electrons. The van der Waals surface area contributed by atoms with Crippen LogP contribution in [-0.2, 0) is 11.2 Å². The summed E-state index contributed by atoms with van der Waals surface area (Å²) in [6.45, 7) is 0.364. The molecule has 1 aliphatic rings. The monoisotopic (exact) mass is 450 g/mol. The second-order valence-corrected chi connectivity index (χ2v) is 7.08. The van der Waals surface area contributed by atoms with E-state index in [1.165, 1.54) is 17.3 Å². The molecule has 0 radical (unpaired) electrons. The number of nitrogens with zero attached hydrogens (tertiary/aromatic N) is 3. The topological polar surface area (TPSA) is 115 Å². The fourth-order valence-corrected chi connectivity index (χ4v) is 3.28. The fourth-order valence-electron chi connectivity index (χ4n) is 3.28. The van der Waals surface area contributed by atoms with Gasteiger partial charge >= 0.3 is 6.09 Å². The van der Waals surface area contributed by atoms with Gasteiger partial charge in [0, 0.05) is 17.3 Å². The van der Waals surface area contributed by atoms with Crippen molar-refractivity contribution >= 4 is 23.4 Å². The lowest BCUT2D eigenvalue weighted by Gasteiger charge is -2.24. The summed E-state index contributed by atoms with van der Waals surface area (Å²) >= 11 is 0. The number of carbonyl (C=O) groups is 2. The van der Waals surface area contributed by atoms with Gasteiger partial charge in [-0.3, -0.25) is 4.79 Å². The van der Waals surface area contributed by atoms with Gasteiger partial charge in [-0.15, -0.1) is 0 Å². The van der Waals surface area contributed by atoms with Crippen LogP contribution in [0.5, 0.6) is 11.5 Å². The molecule has 0 fully saturated rings. The van der Waals surface area contributed by atoms with Crippen LogP contribution in [0.1, 0.15) is 21.7 Å². The van der Waals surface area contributed by atoms with Gasteiger partial charge in [-0.25, -0.2) is 4.79 Å². The van der Waals surface area contributed by atoms with Crippen LogP contribution in [0.3, 0.4) is 0 Å². The smallest absolute Gasteiger partial charge is 0.430 e. The number of methoxy groups -OCH3 is 2. The number of nitrogens with one attached hydrogen (secondary N) is 1. The Kier molecular flexibility index (Phi) is 6.53. The number of hydrogen-bond donors (Lipinski definition) is 1. The van der Waals surface area contributed by atoms with E-state index in [2.05, 4.69) is 15.6 Å². The summed E-state index contributed by atoms with van der Waals surface area (Å²) in [4.78, 5) is 24.4. The molecule has 2 aromatic carbocycles. The highest BCUT2D eigenvalue weighted by Crippen LogP contribution is 2.28. The van der Waals surface area contributed by atoms with Crippen LogP contribution in [0.2, 0.25) is 0 Å². The molecular formula is C23H22N4O6. The summed E-state index contributed by atoms with van der Waals surface area (Å²) in [5.41, 5.74) is 2.88. The van der Waals surface area contributed by atoms with Crippen LogP contribution >= 0.6 is 0 Å². The average Bonchev–Trinajstić information content (AvgIpc) is 3.39. The molecule has 33 heavy (non-hydrogen) atoms. The van der Waals surface area contributed by atoms with E-state index in [0.29, 0.717) is 35.9 Å². The minimum absolute atomic E-state index is 0.0635. The van der Waals surface area contributed by atoms with Crippen molar-refractivity contribution in [3.63, 3.8) is 0 Å². The standard InChI is InChI=1S/C23H22N4O6/c1-30-19-7-6-16(13-21(19)31-2)18-14-32-23(29)27(26-18)11-9-15-4-3-5-17(12-15)25-22(28)20-8-10-24-33-20/h3-8,10,12-13H,9,11,14H2,1-2H3,(H,25,28). The Morgan fingerprint density at radius 3 is 2.73 bits per heavy atom. The van der Waals surface area contributed by atoms with Crippen molar-refractivity contribution in [1.82, 2.24) is 10.2 Å². The summed E-state index contributed by atoms with van der Waals surface area (Å²) in [5.74, 6) is 0.883. The first kappa shape index (κ1) is 21.9. The third kappa shape index (κ3) is 5.12. The minimum Gasteiger partial charge on any atom is -0.493 e. The fraction of sp³-hybridized carbons (Fsp3) is 0.217. The first-order valence-electron chi connectivity index (χ1n) is 10.1. The van der Waals surface area contributed by atoms with E-state index in [4.69, 9.17) is 18.7 Å². The first-order chi connectivity index (χ1) is 16.1. The third-order valence-corrected chi connectivity index (χ3v) is 4.96. The minimum atomic E-state index is -0.519. The molecule has 10 heteroatoms. The maximum atomic E-state index is 12.2. The van der Waals surface area contributed by atoms with E-state index in [0.717, 1.165) is 11.1 Å². The highest BCUT2D eigenvalue weighted by molar-refractivity contribution is 6.04. The molecule has 0 aliphatic carbocycles. The molecule has 1 N–H and O–H groups in total. The molecule has 0 bridgehead atoms. The number of benzene rings is 2. The number of cyclic esters (lactones) is 1. The van der Waals surface area contributed by atoms with Crippen molar-refractivity contribution in [2.45, 2.75) is 6.42 Å². The molecule has 0 saturated heterocycles. The van der Waals surface area contributed by atoms with Crippen molar-refractivity contribution in [2.24, 2.45) is 5.10 Å². The van der Waals surface area contributed by atoms with Crippen molar-refractivity contribution in [3.05, 3.63) is 71.6 Å². The van der Waals surface area contributed by atoms with E-state index < -0.39 is 12.0 Å². The number of anilines is 1. The van der Waals surface area contributed by atoms with Crippen molar-refractivity contribution in [2.75, 3.05) is 32.7 Å². The van der Waals surface area contributed by atoms with Crippen LogP contribution in [0.15, 0.2) is 64.4 Å². The molecule has 2 heterocycles. The number of hydrazone groups is 1. The van der Waals surface area contributed by atoms with E-state index >= 15 is 0 Å². The van der Waals surface area contributed by atoms with Gasteiger partial charge in [-0.05, 0) is 42.3 Å². The summed E-state index contributed by atoms with van der Waals surface area (Å²) in [5, 5.41) is 12.0. The Bertz CT molecular complexity index is 1180. The predicted molar refractivity (Wildman–Crippen MR) is 119 cm³/mol. The van der Waals surface area contributed by atoms with E-state index in [-0.39, 0.29) is 12.4 Å². The lowest BCUT2D eigenvalue weighted by atomic mass is 10.1. The Morgan fingerprint density at radius 2 is 1.97 bits per heavy atom. The Labute approximate surface area is 189 Å². The molecule has 0 saturated carbocycles. The highest BCUT2D eigenvalue weighted by atomic mass is 16.6. The second kappa shape index (κ2) is 9.86. The molecule has 0 spiro atoms. The number of aromatic nitrogens is 1. The van der Waals surface area contributed by atoms with Gasteiger partial charge < -0.3 is 24.1 Å². The third-order valence-electron chi connectivity index (χ3n) is 4.96. The summed E-state index contributed by atoms with van der Waals surface area (Å²) < 4.78 is 20.8. The highest BCUT2D eigenvalue weighted by Gasteiger charge is 2.23. The first-order valence-corrected chi connectivity index (χ1v) is 10.1. The second-order valence-electron chi connectivity index (χ2n) is 7.08. The van der Waals surface area contributed by atoms with E-state index in [1.54, 1.807) is 32.4 Å². The SMILES string of the molecule is COc1ccc(C2=NN(CCc3cccc(NC(=O)c4ccno4)c3)C(=O)OC2)cc1OC. The van der Waals surface area contributed by atoms with E-state index in [9.17, 15) is 9.59 Å².